The minimum atomic E-state index is -4.86. The van der Waals surface area contributed by atoms with E-state index in [-0.39, 0.29) is 22.3 Å². The molecule has 7 heteroatoms. The van der Waals surface area contributed by atoms with E-state index in [2.05, 4.69) is 0 Å². The van der Waals surface area contributed by atoms with Crippen molar-refractivity contribution in [2.24, 2.45) is 0 Å². The molecule has 1 aliphatic rings. The number of fused-ring (bicyclic) bond motifs is 2. The Kier molecular flexibility index (Phi) is 3.12. The van der Waals surface area contributed by atoms with Crippen molar-refractivity contribution in [1.82, 2.24) is 0 Å². The van der Waals surface area contributed by atoms with Gasteiger partial charge in [0.15, 0.2) is 11.6 Å². The number of benzene rings is 2. The van der Waals surface area contributed by atoms with Gasteiger partial charge >= 0.3 is 0 Å². The topological polar surface area (TPSA) is 101 Å². The molecule has 0 aliphatic heterocycles. The van der Waals surface area contributed by atoms with Crippen molar-refractivity contribution >= 4 is 21.7 Å². The second-order valence-electron chi connectivity index (χ2n) is 4.70. The lowest BCUT2D eigenvalue weighted by Gasteiger charge is -2.21. The molecule has 0 unspecified atom stereocenters. The largest absolute Gasteiger partial charge is 0.744 e. The molecule has 0 bridgehead atoms. The highest BCUT2D eigenvalue weighted by atomic mass is 32.2. The molecular formula is C15H9O6S-. The van der Waals surface area contributed by atoms with Gasteiger partial charge in [0.25, 0.3) is 0 Å². The van der Waals surface area contributed by atoms with Crippen LogP contribution >= 0.6 is 0 Å². The van der Waals surface area contributed by atoms with Gasteiger partial charge in [-0.05, 0) is 24.3 Å². The highest BCUT2D eigenvalue weighted by Gasteiger charge is 2.33. The SMILES string of the molecule is COc1ccc2c(c1)C(=O)c1cccc(S(=O)(=O)[O-])c1C2=O. The fourth-order valence-electron chi connectivity index (χ4n) is 2.48. The average molecular weight is 317 g/mol. The van der Waals surface area contributed by atoms with Gasteiger partial charge in [-0.15, -0.1) is 0 Å². The van der Waals surface area contributed by atoms with E-state index >= 15 is 0 Å². The highest BCUT2D eigenvalue weighted by Crippen LogP contribution is 2.33. The second kappa shape index (κ2) is 4.75. The minimum Gasteiger partial charge on any atom is -0.744 e. The quantitative estimate of drug-likeness (QED) is 0.662. The summed E-state index contributed by atoms with van der Waals surface area (Å²) in [6, 6.07) is 7.90. The average Bonchev–Trinajstić information content (AvgIpc) is 2.50. The summed E-state index contributed by atoms with van der Waals surface area (Å²) >= 11 is 0. The number of carbonyl (C=O) groups excluding carboxylic acids is 2. The number of ether oxygens (including phenoxy) is 1. The van der Waals surface area contributed by atoms with Crippen LogP contribution in [0.4, 0.5) is 0 Å². The van der Waals surface area contributed by atoms with Crippen molar-refractivity contribution in [2.75, 3.05) is 7.11 Å². The highest BCUT2D eigenvalue weighted by molar-refractivity contribution is 7.85. The summed E-state index contributed by atoms with van der Waals surface area (Å²) in [7, 11) is -3.44. The first-order valence-electron chi connectivity index (χ1n) is 6.21. The molecule has 6 nitrogen and oxygen atoms in total. The fourth-order valence-corrected chi connectivity index (χ4v) is 3.18. The zero-order valence-corrected chi connectivity index (χ0v) is 12.1. The Bertz CT molecular complexity index is 927. The van der Waals surface area contributed by atoms with Crippen LogP contribution in [0.2, 0.25) is 0 Å². The maximum absolute atomic E-state index is 12.5. The minimum absolute atomic E-state index is 0.0504. The van der Waals surface area contributed by atoms with Crippen molar-refractivity contribution in [3.05, 3.63) is 58.7 Å². The normalized spacial score (nSPS) is 13.5. The number of rotatable bonds is 2. The molecular weight excluding hydrogens is 308 g/mol. The Morgan fingerprint density at radius 1 is 0.955 bits per heavy atom. The van der Waals surface area contributed by atoms with E-state index in [1.165, 1.54) is 37.4 Å². The van der Waals surface area contributed by atoms with Gasteiger partial charge in [-0.1, -0.05) is 12.1 Å². The molecule has 2 aromatic carbocycles. The third-order valence-electron chi connectivity index (χ3n) is 3.48. The molecule has 22 heavy (non-hydrogen) atoms. The maximum atomic E-state index is 12.5. The molecule has 0 aromatic heterocycles. The summed E-state index contributed by atoms with van der Waals surface area (Å²) in [5.41, 5.74) is -0.283. The van der Waals surface area contributed by atoms with E-state index in [9.17, 15) is 22.6 Å². The van der Waals surface area contributed by atoms with Crippen LogP contribution in [0, 0.1) is 0 Å². The second-order valence-corrected chi connectivity index (χ2v) is 6.05. The summed E-state index contributed by atoms with van der Waals surface area (Å²) in [4.78, 5) is 24.3. The van der Waals surface area contributed by atoms with E-state index in [0.717, 1.165) is 6.07 Å². The zero-order chi connectivity index (χ0) is 16.1. The van der Waals surface area contributed by atoms with E-state index < -0.39 is 26.6 Å². The summed E-state index contributed by atoms with van der Waals surface area (Å²) < 4.78 is 39.0. The molecule has 112 valence electrons. The van der Waals surface area contributed by atoms with Crippen LogP contribution in [0.3, 0.4) is 0 Å². The van der Waals surface area contributed by atoms with Crippen molar-refractivity contribution in [3.8, 4) is 5.75 Å². The molecule has 0 amide bonds. The summed E-state index contributed by atoms with van der Waals surface area (Å²) in [5, 5.41) is 0. The number of hydrogen-bond acceptors (Lipinski definition) is 6. The van der Waals surface area contributed by atoms with E-state index in [0.29, 0.717) is 5.75 Å². The molecule has 0 saturated heterocycles. The Morgan fingerprint density at radius 3 is 2.32 bits per heavy atom. The Labute approximate surface area is 126 Å². The number of ketones is 2. The molecule has 2 aromatic rings. The number of carbonyl (C=O) groups is 2. The first-order valence-corrected chi connectivity index (χ1v) is 7.62. The Balaban J connectivity index is 2.34. The predicted molar refractivity (Wildman–Crippen MR) is 74.3 cm³/mol. The summed E-state index contributed by atoms with van der Waals surface area (Å²) in [5.74, 6) is -0.785. The molecule has 0 atom stereocenters. The molecule has 0 fully saturated rings. The molecule has 0 spiro atoms. The van der Waals surface area contributed by atoms with Crippen LogP contribution in [-0.4, -0.2) is 31.6 Å². The number of hydrogen-bond donors (Lipinski definition) is 0. The van der Waals surface area contributed by atoms with Crippen LogP contribution in [0.25, 0.3) is 0 Å². The van der Waals surface area contributed by atoms with Gasteiger partial charge in [0.05, 0.1) is 17.6 Å². The number of methoxy groups -OCH3 is 1. The maximum Gasteiger partial charge on any atom is 0.195 e. The molecule has 0 radical (unpaired) electrons. The first-order chi connectivity index (χ1) is 10.3. The fraction of sp³-hybridized carbons (Fsp3) is 0.0667. The van der Waals surface area contributed by atoms with Gasteiger partial charge in [-0.3, -0.25) is 9.59 Å². The summed E-state index contributed by atoms with van der Waals surface area (Å²) in [6.45, 7) is 0. The van der Waals surface area contributed by atoms with Crippen LogP contribution in [0.5, 0.6) is 5.75 Å². The van der Waals surface area contributed by atoms with Gasteiger partial charge in [-0.2, -0.15) is 0 Å². The Morgan fingerprint density at radius 2 is 1.68 bits per heavy atom. The van der Waals surface area contributed by atoms with E-state index in [1.54, 1.807) is 0 Å². The summed E-state index contributed by atoms with van der Waals surface area (Å²) in [6.07, 6.45) is 0. The molecule has 0 N–H and O–H groups in total. The lowest BCUT2D eigenvalue weighted by atomic mass is 9.84. The van der Waals surface area contributed by atoms with Crippen LogP contribution in [0.15, 0.2) is 41.3 Å². The van der Waals surface area contributed by atoms with Gasteiger partial charge in [-0.25, -0.2) is 8.42 Å². The van der Waals surface area contributed by atoms with Crippen molar-refractivity contribution < 1.29 is 27.3 Å². The van der Waals surface area contributed by atoms with Crippen LogP contribution < -0.4 is 4.74 Å². The monoisotopic (exact) mass is 317 g/mol. The first kappa shape index (κ1) is 14.4. The van der Waals surface area contributed by atoms with Crippen molar-refractivity contribution in [1.29, 1.82) is 0 Å². The zero-order valence-electron chi connectivity index (χ0n) is 11.3. The standard InChI is InChI=1S/C15H10O6S/c1-21-8-5-6-9-11(7-8)14(16)10-3-2-4-12(22(18,19)20)13(10)15(9)17/h2-7H,1H3,(H,18,19,20)/p-1. The molecule has 0 heterocycles. The van der Waals surface area contributed by atoms with Crippen LogP contribution in [0.1, 0.15) is 31.8 Å². The van der Waals surface area contributed by atoms with Gasteiger partial charge < -0.3 is 9.29 Å². The predicted octanol–water partition coefficient (Wildman–Crippen LogP) is 1.37. The van der Waals surface area contributed by atoms with Crippen LogP contribution in [-0.2, 0) is 10.1 Å². The van der Waals surface area contributed by atoms with Gasteiger partial charge in [0.1, 0.15) is 15.9 Å². The lowest BCUT2D eigenvalue weighted by Crippen LogP contribution is -2.23. The third-order valence-corrected chi connectivity index (χ3v) is 4.36. The molecule has 3 rings (SSSR count). The van der Waals surface area contributed by atoms with Gasteiger partial charge in [0, 0.05) is 16.7 Å². The molecule has 1 aliphatic carbocycles. The third kappa shape index (κ3) is 2.02. The van der Waals surface area contributed by atoms with Gasteiger partial charge in [0.2, 0.25) is 0 Å². The molecule has 0 saturated carbocycles. The van der Waals surface area contributed by atoms with E-state index in [4.69, 9.17) is 4.74 Å². The van der Waals surface area contributed by atoms with E-state index in [1.807, 2.05) is 0 Å². The Hall–Kier alpha value is -2.51. The smallest absolute Gasteiger partial charge is 0.195 e. The van der Waals surface area contributed by atoms with Crippen molar-refractivity contribution in [2.45, 2.75) is 4.90 Å². The van der Waals surface area contributed by atoms with Crippen molar-refractivity contribution in [3.63, 3.8) is 0 Å². The lowest BCUT2D eigenvalue weighted by molar-refractivity contribution is 0.0976.